The van der Waals surface area contributed by atoms with Crippen molar-refractivity contribution in [2.45, 2.75) is 26.7 Å². The molecule has 0 amide bonds. The summed E-state index contributed by atoms with van der Waals surface area (Å²) in [5, 5.41) is 0. The van der Waals surface area contributed by atoms with Gasteiger partial charge in [0.25, 0.3) is 0 Å². The van der Waals surface area contributed by atoms with E-state index in [0.29, 0.717) is 6.54 Å². The zero-order valence-electron chi connectivity index (χ0n) is 10.6. The zero-order valence-corrected chi connectivity index (χ0v) is 10.6. The zero-order chi connectivity index (χ0) is 12.1. The lowest BCUT2D eigenvalue weighted by Crippen LogP contribution is -2.05. The van der Waals surface area contributed by atoms with Gasteiger partial charge in [0.2, 0.25) is 0 Å². The first-order valence-corrected chi connectivity index (χ1v) is 5.56. The lowest BCUT2D eigenvalue weighted by molar-refractivity contribution is 0.350. The molecule has 1 rings (SSSR count). The molecule has 1 aromatic carbocycles. The van der Waals surface area contributed by atoms with Gasteiger partial charge in [0.05, 0.1) is 14.2 Å². The Hall–Kier alpha value is -1.22. The fourth-order valence-corrected chi connectivity index (χ4v) is 1.88. The van der Waals surface area contributed by atoms with E-state index in [1.165, 1.54) is 16.7 Å². The van der Waals surface area contributed by atoms with Gasteiger partial charge in [-0.25, -0.2) is 0 Å². The van der Waals surface area contributed by atoms with Crippen molar-refractivity contribution in [1.82, 2.24) is 0 Å². The minimum absolute atomic E-state index is 0.693. The van der Waals surface area contributed by atoms with E-state index in [-0.39, 0.29) is 0 Å². The van der Waals surface area contributed by atoms with E-state index in [9.17, 15) is 0 Å². The van der Waals surface area contributed by atoms with E-state index in [1.807, 2.05) is 6.07 Å². The lowest BCUT2D eigenvalue weighted by atomic mass is 9.97. The molecule has 0 aliphatic heterocycles. The van der Waals surface area contributed by atoms with E-state index in [2.05, 4.69) is 13.8 Å². The topological polar surface area (TPSA) is 44.5 Å². The van der Waals surface area contributed by atoms with Gasteiger partial charge in [-0.1, -0.05) is 0 Å². The highest BCUT2D eigenvalue weighted by molar-refractivity contribution is 5.53. The number of nitrogens with two attached hydrogens (primary N) is 1. The number of hydrogen-bond acceptors (Lipinski definition) is 3. The van der Waals surface area contributed by atoms with Crippen LogP contribution in [0.25, 0.3) is 0 Å². The highest BCUT2D eigenvalue weighted by Gasteiger charge is 2.14. The second kappa shape index (κ2) is 5.75. The van der Waals surface area contributed by atoms with Crippen LogP contribution in [0.3, 0.4) is 0 Å². The Morgan fingerprint density at radius 3 is 2.38 bits per heavy atom. The maximum absolute atomic E-state index is 5.55. The van der Waals surface area contributed by atoms with E-state index in [0.717, 1.165) is 24.3 Å². The molecular formula is C13H21NO2. The summed E-state index contributed by atoms with van der Waals surface area (Å²) in [5.41, 5.74) is 9.26. The first-order valence-electron chi connectivity index (χ1n) is 5.56. The van der Waals surface area contributed by atoms with E-state index < -0.39 is 0 Å². The van der Waals surface area contributed by atoms with Crippen molar-refractivity contribution in [2.24, 2.45) is 5.73 Å². The predicted molar refractivity (Wildman–Crippen MR) is 66.4 cm³/mol. The van der Waals surface area contributed by atoms with Crippen LogP contribution in [0.2, 0.25) is 0 Å². The van der Waals surface area contributed by atoms with E-state index in [1.54, 1.807) is 14.2 Å². The summed E-state index contributed by atoms with van der Waals surface area (Å²) in [6.07, 6.45) is 1.90. The maximum Gasteiger partial charge on any atom is 0.164 e. The minimum atomic E-state index is 0.693. The fraction of sp³-hybridized carbons (Fsp3) is 0.538. The average Bonchev–Trinajstić information content (AvgIpc) is 2.30. The summed E-state index contributed by atoms with van der Waals surface area (Å²) in [6, 6.07) is 2.01. The summed E-state index contributed by atoms with van der Waals surface area (Å²) in [6.45, 7) is 4.89. The van der Waals surface area contributed by atoms with Crippen LogP contribution in [0.5, 0.6) is 11.5 Å². The average molecular weight is 223 g/mol. The number of benzene rings is 1. The molecule has 0 spiro atoms. The fourth-order valence-electron chi connectivity index (χ4n) is 1.88. The molecule has 0 aromatic heterocycles. The smallest absolute Gasteiger partial charge is 0.164 e. The van der Waals surface area contributed by atoms with Crippen LogP contribution in [0, 0.1) is 13.8 Å². The third-order valence-corrected chi connectivity index (χ3v) is 2.94. The van der Waals surface area contributed by atoms with Crippen LogP contribution in [0.4, 0.5) is 0 Å². The van der Waals surface area contributed by atoms with Gasteiger partial charge in [-0.05, 0) is 50.4 Å². The first-order chi connectivity index (χ1) is 7.65. The van der Waals surface area contributed by atoms with Gasteiger partial charge in [0.1, 0.15) is 0 Å². The number of hydrogen-bond donors (Lipinski definition) is 1. The first kappa shape index (κ1) is 12.8. The minimum Gasteiger partial charge on any atom is -0.493 e. The molecule has 16 heavy (non-hydrogen) atoms. The summed E-state index contributed by atoms with van der Waals surface area (Å²) in [4.78, 5) is 0. The predicted octanol–water partition coefficient (Wildman–Crippen LogP) is 2.21. The van der Waals surface area contributed by atoms with Crippen molar-refractivity contribution in [1.29, 1.82) is 0 Å². The third-order valence-electron chi connectivity index (χ3n) is 2.94. The van der Waals surface area contributed by atoms with Crippen molar-refractivity contribution in [3.8, 4) is 11.5 Å². The monoisotopic (exact) mass is 223 g/mol. The number of ether oxygens (including phenoxy) is 2. The Bertz CT molecular complexity index is 361. The van der Waals surface area contributed by atoms with Crippen LogP contribution in [-0.2, 0) is 6.42 Å². The third kappa shape index (κ3) is 2.47. The molecule has 0 bridgehead atoms. The second-order valence-electron chi connectivity index (χ2n) is 3.92. The molecule has 0 unspecified atom stereocenters. The molecular weight excluding hydrogens is 202 g/mol. The van der Waals surface area contributed by atoms with Gasteiger partial charge in [-0.2, -0.15) is 0 Å². The molecule has 0 saturated carbocycles. The molecule has 0 fully saturated rings. The van der Waals surface area contributed by atoms with Gasteiger partial charge >= 0.3 is 0 Å². The molecule has 3 heteroatoms. The van der Waals surface area contributed by atoms with Gasteiger partial charge in [0, 0.05) is 5.56 Å². The molecule has 0 aliphatic carbocycles. The van der Waals surface area contributed by atoms with Crippen molar-refractivity contribution in [3.05, 3.63) is 22.8 Å². The molecule has 1 aromatic rings. The van der Waals surface area contributed by atoms with Crippen LogP contribution in [0.1, 0.15) is 23.1 Å². The molecule has 90 valence electrons. The molecule has 0 heterocycles. The Labute approximate surface area is 97.6 Å². The molecule has 0 atom stereocenters. The van der Waals surface area contributed by atoms with Crippen molar-refractivity contribution >= 4 is 0 Å². The molecule has 3 nitrogen and oxygen atoms in total. The number of rotatable bonds is 5. The van der Waals surface area contributed by atoms with Gasteiger partial charge in [-0.3, -0.25) is 0 Å². The Kier molecular flexibility index (Phi) is 4.62. The van der Waals surface area contributed by atoms with Crippen molar-refractivity contribution in [2.75, 3.05) is 20.8 Å². The lowest BCUT2D eigenvalue weighted by Gasteiger charge is -2.17. The number of aryl methyl sites for hydroxylation is 1. The second-order valence-corrected chi connectivity index (χ2v) is 3.92. The summed E-state index contributed by atoms with van der Waals surface area (Å²) >= 11 is 0. The summed E-state index contributed by atoms with van der Waals surface area (Å²) < 4.78 is 10.8. The van der Waals surface area contributed by atoms with E-state index in [4.69, 9.17) is 15.2 Å². The van der Waals surface area contributed by atoms with Gasteiger partial charge in [0.15, 0.2) is 11.5 Å². The molecule has 2 N–H and O–H groups in total. The normalized spacial score (nSPS) is 10.3. The molecule has 0 aliphatic rings. The van der Waals surface area contributed by atoms with Crippen LogP contribution in [-0.4, -0.2) is 20.8 Å². The quantitative estimate of drug-likeness (QED) is 0.832. The van der Waals surface area contributed by atoms with Crippen LogP contribution < -0.4 is 15.2 Å². The Morgan fingerprint density at radius 1 is 1.19 bits per heavy atom. The van der Waals surface area contributed by atoms with Crippen molar-refractivity contribution < 1.29 is 9.47 Å². The van der Waals surface area contributed by atoms with Crippen LogP contribution >= 0.6 is 0 Å². The van der Waals surface area contributed by atoms with Crippen molar-refractivity contribution in [3.63, 3.8) is 0 Å². The standard InChI is InChI=1S/C13H21NO2/c1-9-8-12(15-3)13(16-4)11(10(9)2)6-5-7-14/h8H,5-7,14H2,1-4H3. The number of methoxy groups -OCH3 is 2. The molecule has 0 radical (unpaired) electrons. The summed E-state index contributed by atoms with van der Waals surface area (Å²) in [5.74, 6) is 1.65. The summed E-state index contributed by atoms with van der Waals surface area (Å²) in [7, 11) is 3.35. The van der Waals surface area contributed by atoms with Crippen LogP contribution in [0.15, 0.2) is 6.07 Å². The highest BCUT2D eigenvalue weighted by atomic mass is 16.5. The Balaban J connectivity index is 3.23. The van der Waals surface area contributed by atoms with E-state index >= 15 is 0 Å². The maximum atomic E-state index is 5.55. The van der Waals surface area contributed by atoms with Gasteiger partial charge in [-0.15, -0.1) is 0 Å². The SMILES string of the molecule is COc1cc(C)c(C)c(CCCN)c1OC. The molecule has 0 saturated heterocycles. The van der Waals surface area contributed by atoms with Gasteiger partial charge < -0.3 is 15.2 Å². The largest absolute Gasteiger partial charge is 0.493 e. The highest BCUT2D eigenvalue weighted by Crippen LogP contribution is 2.36. The Morgan fingerprint density at radius 2 is 1.88 bits per heavy atom.